The summed E-state index contributed by atoms with van der Waals surface area (Å²) >= 11 is 0. The summed E-state index contributed by atoms with van der Waals surface area (Å²) in [6.45, 7) is 7.67. The minimum Gasteiger partial charge on any atom is -0.491 e. The van der Waals surface area contributed by atoms with Crippen molar-refractivity contribution in [1.29, 1.82) is 0 Å². The highest BCUT2D eigenvalue weighted by Crippen LogP contribution is 2.24. The van der Waals surface area contributed by atoms with Gasteiger partial charge in [0, 0.05) is 31.3 Å². The van der Waals surface area contributed by atoms with Gasteiger partial charge in [0.2, 0.25) is 0 Å². The molecule has 0 bridgehead atoms. The van der Waals surface area contributed by atoms with Crippen LogP contribution in [0.1, 0.15) is 33.5 Å². The number of nitrogens with zero attached hydrogens (tertiary/aromatic N) is 1. The molecule has 22 heavy (non-hydrogen) atoms. The van der Waals surface area contributed by atoms with E-state index in [9.17, 15) is 4.79 Å². The molecule has 0 aromatic carbocycles. The third-order valence-corrected chi connectivity index (χ3v) is 3.04. The van der Waals surface area contributed by atoms with Gasteiger partial charge in [-0.2, -0.15) is 0 Å². The van der Waals surface area contributed by atoms with Crippen LogP contribution < -0.4 is 5.32 Å². The van der Waals surface area contributed by atoms with Crippen LogP contribution in [-0.2, 0) is 24.4 Å². The highest BCUT2D eigenvalue weighted by molar-refractivity contribution is 6.02. The molecule has 0 aliphatic rings. The number of carbonyl (C=O) groups is 1. The number of aromatic nitrogens is 1. The minimum absolute atomic E-state index is 0.106. The molecular weight excluding hydrogens is 288 g/mol. The summed E-state index contributed by atoms with van der Waals surface area (Å²) in [6, 6.07) is 1.69. The molecule has 1 N–H and O–H groups in total. The molecule has 0 saturated heterocycles. The molecule has 0 aliphatic heterocycles. The van der Waals surface area contributed by atoms with E-state index in [1.165, 1.54) is 21.3 Å². The standard InChI is InChI=1S/C15H24N2O5/c1-9(14(20-6)21-7)12(19-5)13(18)16-11-8-10(22-17-11)15(2,3)4/h8,14H,1-7H3,(H,16,17,18)/b12-9+. The van der Waals surface area contributed by atoms with E-state index < -0.39 is 12.2 Å². The van der Waals surface area contributed by atoms with Gasteiger partial charge in [0.1, 0.15) is 5.76 Å². The lowest BCUT2D eigenvalue weighted by Gasteiger charge is -2.17. The van der Waals surface area contributed by atoms with Crippen molar-refractivity contribution < 1.29 is 23.5 Å². The summed E-state index contributed by atoms with van der Waals surface area (Å²) in [6.07, 6.45) is -0.664. The second-order valence-electron chi connectivity index (χ2n) is 5.80. The molecule has 0 radical (unpaired) electrons. The van der Waals surface area contributed by atoms with Crippen molar-refractivity contribution in [1.82, 2.24) is 5.16 Å². The average molecular weight is 312 g/mol. The molecule has 124 valence electrons. The highest BCUT2D eigenvalue weighted by Gasteiger charge is 2.23. The van der Waals surface area contributed by atoms with Gasteiger partial charge in [0.25, 0.3) is 5.91 Å². The number of nitrogens with one attached hydrogen (secondary N) is 1. The molecule has 1 amide bonds. The molecule has 0 unspecified atom stereocenters. The van der Waals surface area contributed by atoms with E-state index in [4.69, 9.17) is 18.7 Å². The van der Waals surface area contributed by atoms with Crippen molar-refractivity contribution >= 4 is 11.7 Å². The first-order valence-electron chi connectivity index (χ1n) is 6.83. The van der Waals surface area contributed by atoms with Crippen LogP contribution >= 0.6 is 0 Å². The van der Waals surface area contributed by atoms with Crippen LogP contribution in [0.2, 0.25) is 0 Å². The van der Waals surface area contributed by atoms with Crippen LogP contribution in [-0.4, -0.2) is 38.7 Å². The maximum Gasteiger partial charge on any atom is 0.292 e. The number of carbonyl (C=O) groups excluding carboxylic acids is 1. The second-order valence-corrected chi connectivity index (χ2v) is 5.80. The zero-order valence-electron chi connectivity index (χ0n) is 14.1. The monoisotopic (exact) mass is 312 g/mol. The smallest absolute Gasteiger partial charge is 0.292 e. The van der Waals surface area contributed by atoms with Gasteiger partial charge >= 0.3 is 0 Å². The molecule has 1 aromatic rings. The fourth-order valence-corrected chi connectivity index (χ4v) is 1.85. The Morgan fingerprint density at radius 1 is 1.27 bits per heavy atom. The molecule has 1 rings (SSSR count). The number of hydrogen-bond acceptors (Lipinski definition) is 6. The summed E-state index contributed by atoms with van der Waals surface area (Å²) in [7, 11) is 4.37. The Morgan fingerprint density at radius 3 is 2.27 bits per heavy atom. The Bertz CT molecular complexity index is 538. The molecule has 0 atom stereocenters. The Kier molecular flexibility index (Phi) is 6.13. The Morgan fingerprint density at radius 2 is 1.86 bits per heavy atom. The van der Waals surface area contributed by atoms with Crippen LogP contribution in [0.4, 0.5) is 5.82 Å². The molecule has 7 heteroatoms. The van der Waals surface area contributed by atoms with Crippen molar-refractivity contribution in [2.45, 2.75) is 39.4 Å². The molecule has 0 saturated carbocycles. The van der Waals surface area contributed by atoms with Crippen molar-refractivity contribution in [3.63, 3.8) is 0 Å². The van der Waals surface area contributed by atoms with Gasteiger partial charge in [-0.05, 0) is 6.92 Å². The zero-order chi connectivity index (χ0) is 16.9. The van der Waals surface area contributed by atoms with Crippen LogP contribution in [0, 0.1) is 0 Å². The van der Waals surface area contributed by atoms with Gasteiger partial charge in [-0.3, -0.25) is 4.79 Å². The van der Waals surface area contributed by atoms with Crippen LogP contribution in [0.25, 0.3) is 0 Å². The van der Waals surface area contributed by atoms with E-state index in [1.807, 2.05) is 20.8 Å². The fraction of sp³-hybridized carbons (Fsp3) is 0.600. The Balaban J connectivity index is 2.94. The first kappa shape index (κ1) is 18.2. The Labute approximate surface area is 130 Å². The highest BCUT2D eigenvalue weighted by atomic mass is 16.7. The van der Waals surface area contributed by atoms with E-state index in [0.717, 1.165) is 0 Å². The third-order valence-electron chi connectivity index (χ3n) is 3.04. The molecular formula is C15H24N2O5. The number of hydrogen-bond donors (Lipinski definition) is 1. The van der Waals surface area contributed by atoms with Crippen molar-refractivity contribution in [2.24, 2.45) is 0 Å². The SMILES string of the molecule is CO/C(C(=O)Nc1cc(C(C)(C)C)on1)=C(\C)C(OC)OC. The van der Waals surface area contributed by atoms with E-state index in [0.29, 0.717) is 17.2 Å². The number of ether oxygens (including phenoxy) is 3. The first-order chi connectivity index (χ1) is 10.2. The number of methoxy groups -OCH3 is 3. The molecule has 0 fully saturated rings. The lowest BCUT2D eigenvalue weighted by atomic mass is 9.93. The molecule has 0 aliphatic carbocycles. The predicted octanol–water partition coefficient (Wildman–Crippen LogP) is 2.45. The third kappa shape index (κ3) is 4.32. The Hall–Kier alpha value is -1.86. The van der Waals surface area contributed by atoms with Gasteiger partial charge in [-0.25, -0.2) is 0 Å². The first-order valence-corrected chi connectivity index (χ1v) is 6.83. The fourth-order valence-electron chi connectivity index (χ4n) is 1.85. The molecule has 1 aromatic heterocycles. The molecule has 7 nitrogen and oxygen atoms in total. The molecule has 1 heterocycles. The van der Waals surface area contributed by atoms with Crippen molar-refractivity contribution in [2.75, 3.05) is 26.6 Å². The van der Waals surface area contributed by atoms with E-state index in [1.54, 1.807) is 13.0 Å². The van der Waals surface area contributed by atoms with Gasteiger partial charge in [-0.15, -0.1) is 0 Å². The zero-order valence-corrected chi connectivity index (χ0v) is 14.1. The minimum atomic E-state index is -0.664. The van der Waals surface area contributed by atoms with Gasteiger partial charge in [-0.1, -0.05) is 25.9 Å². The topological polar surface area (TPSA) is 82.8 Å². The van der Waals surface area contributed by atoms with Gasteiger partial charge in [0.05, 0.1) is 7.11 Å². The number of anilines is 1. The number of rotatable bonds is 6. The normalized spacial score (nSPS) is 13.1. The van der Waals surface area contributed by atoms with Gasteiger partial charge in [0.15, 0.2) is 17.9 Å². The van der Waals surface area contributed by atoms with Crippen LogP contribution in [0.3, 0.4) is 0 Å². The average Bonchev–Trinajstić information content (AvgIpc) is 2.89. The van der Waals surface area contributed by atoms with Crippen molar-refractivity contribution in [3.05, 3.63) is 23.2 Å². The van der Waals surface area contributed by atoms with E-state index >= 15 is 0 Å². The number of amides is 1. The lowest BCUT2D eigenvalue weighted by molar-refractivity contribution is -0.117. The summed E-state index contributed by atoms with van der Waals surface area (Å²) in [5.41, 5.74) is 0.327. The van der Waals surface area contributed by atoms with E-state index in [2.05, 4.69) is 10.5 Å². The van der Waals surface area contributed by atoms with Crippen molar-refractivity contribution in [3.8, 4) is 0 Å². The summed E-state index contributed by atoms with van der Waals surface area (Å²) < 4.78 is 20.6. The second kappa shape index (κ2) is 7.42. The van der Waals surface area contributed by atoms with Crippen LogP contribution in [0.5, 0.6) is 0 Å². The van der Waals surface area contributed by atoms with E-state index in [-0.39, 0.29) is 11.2 Å². The maximum absolute atomic E-state index is 12.3. The van der Waals surface area contributed by atoms with Gasteiger partial charge < -0.3 is 24.1 Å². The quantitative estimate of drug-likeness (QED) is 0.493. The molecule has 0 spiro atoms. The predicted molar refractivity (Wildman–Crippen MR) is 81.3 cm³/mol. The summed E-state index contributed by atoms with van der Waals surface area (Å²) in [5.74, 6) is 0.652. The summed E-state index contributed by atoms with van der Waals surface area (Å²) in [4.78, 5) is 12.3. The maximum atomic E-state index is 12.3. The largest absolute Gasteiger partial charge is 0.491 e. The lowest BCUT2D eigenvalue weighted by Crippen LogP contribution is -2.23. The van der Waals surface area contributed by atoms with Crippen LogP contribution in [0.15, 0.2) is 21.9 Å². The summed E-state index contributed by atoms with van der Waals surface area (Å²) in [5, 5.41) is 6.47.